The van der Waals surface area contributed by atoms with Gasteiger partial charge in [0.2, 0.25) is 5.91 Å². The zero-order valence-corrected chi connectivity index (χ0v) is 16.8. The molecule has 2 atom stereocenters. The Kier molecular flexibility index (Phi) is 7.40. The molecule has 0 spiro atoms. The van der Waals surface area contributed by atoms with Crippen LogP contribution in [0, 0.1) is 5.92 Å². The van der Waals surface area contributed by atoms with Crippen molar-refractivity contribution >= 4 is 35.7 Å². The van der Waals surface area contributed by atoms with Crippen molar-refractivity contribution in [2.75, 3.05) is 32.1 Å². The molecule has 1 fully saturated rings. The minimum absolute atomic E-state index is 0. The Morgan fingerprint density at radius 3 is 2.68 bits per heavy atom. The summed E-state index contributed by atoms with van der Waals surface area (Å²) in [5.41, 5.74) is 6.85. The number of carbonyl (C=O) groups is 3. The molecule has 1 aromatic rings. The average molecular weight is 412 g/mol. The Morgan fingerprint density at radius 2 is 2.04 bits per heavy atom. The van der Waals surface area contributed by atoms with E-state index < -0.39 is 12.1 Å². The van der Waals surface area contributed by atoms with Crippen LogP contribution in [0.15, 0.2) is 18.2 Å². The number of nitrogens with two attached hydrogens (primary N) is 1. The highest BCUT2D eigenvalue weighted by atomic mass is 35.5. The molecule has 2 heterocycles. The van der Waals surface area contributed by atoms with E-state index in [0.29, 0.717) is 42.9 Å². The van der Waals surface area contributed by atoms with Crippen LogP contribution in [0.3, 0.4) is 0 Å². The third kappa shape index (κ3) is 4.63. The molecular weight excluding hydrogens is 386 g/mol. The summed E-state index contributed by atoms with van der Waals surface area (Å²) in [7, 11) is 1.50. The number of halogens is 1. The third-order valence-electron chi connectivity index (χ3n) is 5.04. The van der Waals surface area contributed by atoms with Crippen molar-refractivity contribution in [3.05, 3.63) is 23.8 Å². The molecular formula is C19H26ClN3O5. The van der Waals surface area contributed by atoms with Gasteiger partial charge in [0.25, 0.3) is 5.91 Å². The van der Waals surface area contributed by atoms with Gasteiger partial charge >= 0.3 is 0 Å². The minimum atomic E-state index is -0.672. The van der Waals surface area contributed by atoms with Gasteiger partial charge in [-0.15, -0.1) is 12.4 Å². The smallest absolute Gasteiger partial charge is 0.265 e. The first-order chi connectivity index (χ1) is 12.9. The van der Waals surface area contributed by atoms with Crippen molar-refractivity contribution in [2.45, 2.75) is 31.9 Å². The van der Waals surface area contributed by atoms with Gasteiger partial charge in [0.05, 0.1) is 12.3 Å². The summed E-state index contributed by atoms with van der Waals surface area (Å²) in [5, 5.41) is 2.76. The number of nitrogens with zero attached hydrogens (tertiary/aromatic N) is 1. The molecule has 0 aromatic heterocycles. The maximum atomic E-state index is 12.8. The standard InChI is InChI=1S/C19H25N3O5.ClH/c1-11-18(24)21-15-9-13(3-4-16(15)27-11)17(23)12-5-7-22(8-6-12)19(25)14(20)10-26-2;/h3-4,9,11-12,14H,5-8,10,20H2,1-2H3,(H,21,24);1H. The summed E-state index contributed by atoms with van der Waals surface area (Å²) in [6, 6.07) is 4.42. The number of ether oxygens (including phenoxy) is 2. The van der Waals surface area contributed by atoms with Gasteiger partial charge in [-0.3, -0.25) is 14.4 Å². The largest absolute Gasteiger partial charge is 0.479 e. The van der Waals surface area contributed by atoms with Crippen LogP contribution in [0.1, 0.15) is 30.1 Å². The topological polar surface area (TPSA) is 111 Å². The number of methoxy groups -OCH3 is 1. The highest BCUT2D eigenvalue weighted by Crippen LogP contribution is 2.32. The van der Waals surface area contributed by atoms with E-state index >= 15 is 0 Å². The summed E-state index contributed by atoms with van der Waals surface area (Å²) < 4.78 is 10.4. The summed E-state index contributed by atoms with van der Waals surface area (Å²) in [6.45, 7) is 2.84. The molecule has 28 heavy (non-hydrogen) atoms. The molecule has 0 bridgehead atoms. The van der Waals surface area contributed by atoms with Crippen LogP contribution >= 0.6 is 12.4 Å². The number of piperidine rings is 1. The van der Waals surface area contributed by atoms with E-state index in [9.17, 15) is 14.4 Å². The second-order valence-corrected chi connectivity index (χ2v) is 6.99. The normalized spacial score (nSPS) is 20.3. The molecule has 1 aromatic carbocycles. The number of carbonyl (C=O) groups excluding carboxylic acids is 3. The summed E-state index contributed by atoms with van der Waals surface area (Å²) >= 11 is 0. The molecule has 8 nitrogen and oxygen atoms in total. The molecule has 9 heteroatoms. The van der Waals surface area contributed by atoms with Crippen molar-refractivity contribution in [3.8, 4) is 5.75 Å². The molecule has 2 amide bonds. The number of amides is 2. The Hall–Kier alpha value is -2.16. The van der Waals surface area contributed by atoms with E-state index in [1.807, 2.05) is 0 Å². The van der Waals surface area contributed by atoms with Gasteiger partial charge < -0.3 is 25.4 Å². The monoisotopic (exact) mass is 411 g/mol. The first-order valence-corrected chi connectivity index (χ1v) is 9.09. The van der Waals surface area contributed by atoms with Crippen molar-refractivity contribution in [1.29, 1.82) is 0 Å². The lowest BCUT2D eigenvalue weighted by Gasteiger charge is -2.33. The van der Waals surface area contributed by atoms with Crippen molar-refractivity contribution in [1.82, 2.24) is 4.90 Å². The van der Waals surface area contributed by atoms with E-state index in [1.54, 1.807) is 30.0 Å². The number of hydrogen-bond donors (Lipinski definition) is 2. The molecule has 1 saturated heterocycles. The molecule has 0 saturated carbocycles. The predicted octanol–water partition coefficient (Wildman–Crippen LogP) is 1.22. The zero-order chi connectivity index (χ0) is 19.6. The second-order valence-electron chi connectivity index (χ2n) is 6.99. The van der Waals surface area contributed by atoms with Crippen molar-refractivity contribution in [3.63, 3.8) is 0 Å². The van der Waals surface area contributed by atoms with Gasteiger partial charge in [-0.2, -0.15) is 0 Å². The lowest BCUT2D eigenvalue weighted by molar-refractivity contribution is -0.135. The lowest BCUT2D eigenvalue weighted by Crippen LogP contribution is -2.49. The second kappa shape index (κ2) is 9.36. The van der Waals surface area contributed by atoms with Crippen LogP contribution in [0.5, 0.6) is 5.75 Å². The number of benzene rings is 1. The molecule has 0 radical (unpaired) electrons. The average Bonchev–Trinajstić information content (AvgIpc) is 2.67. The van der Waals surface area contributed by atoms with Crippen LogP contribution in [-0.4, -0.2) is 61.4 Å². The maximum Gasteiger partial charge on any atom is 0.265 e. The molecule has 2 aliphatic heterocycles. The van der Waals surface area contributed by atoms with E-state index in [0.717, 1.165) is 0 Å². The number of hydrogen-bond acceptors (Lipinski definition) is 6. The number of nitrogens with one attached hydrogen (secondary N) is 1. The van der Waals surface area contributed by atoms with Gasteiger partial charge in [0, 0.05) is 31.7 Å². The number of ketones is 1. The van der Waals surface area contributed by atoms with Crippen molar-refractivity contribution < 1.29 is 23.9 Å². The van der Waals surface area contributed by atoms with E-state index in [2.05, 4.69) is 5.32 Å². The van der Waals surface area contributed by atoms with Gasteiger partial charge in [-0.25, -0.2) is 0 Å². The fourth-order valence-corrected chi connectivity index (χ4v) is 3.45. The predicted molar refractivity (Wildman–Crippen MR) is 106 cm³/mol. The first-order valence-electron chi connectivity index (χ1n) is 9.09. The number of anilines is 1. The van der Waals surface area contributed by atoms with Gasteiger partial charge in [-0.1, -0.05) is 0 Å². The first kappa shape index (κ1) is 22.1. The SMILES string of the molecule is COCC(N)C(=O)N1CCC(C(=O)c2ccc3c(c2)NC(=O)C(C)O3)CC1.Cl. The molecule has 3 rings (SSSR count). The Labute approximate surface area is 170 Å². The van der Waals surface area contributed by atoms with Gasteiger partial charge in [0.15, 0.2) is 11.9 Å². The van der Waals surface area contributed by atoms with Crippen LogP contribution in [0.4, 0.5) is 5.69 Å². The van der Waals surface area contributed by atoms with Gasteiger partial charge in [-0.05, 0) is 38.0 Å². The van der Waals surface area contributed by atoms with Crippen LogP contribution < -0.4 is 15.8 Å². The summed E-state index contributed by atoms with van der Waals surface area (Å²) in [6.07, 6.45) is 0.619. The van der Waals surface area contributed by atoms with Gasteiger partial charge in [0.1, 0.15) is 11.8 Å². The summed E-state index contributed by atoms with van der Waals surface area (Å²) in [5.74, 6) is 0.0341. The Morgan fingerprint density at radius 1 is 1.36 bits per heavy atom. The molecule has 2 unspecified atom stereocenters. The van der Waals surface area contributed by atoms with Crippen LogP contribution in [-0.2, 0) is 14.3 Å². The molecule has 154 valence electrons. The highest BCUT2D eigenvalue weighted by Gasteiger charge is 2.31. The molecule has 3 N–H and O–H groups in total. The van der Waals surface area contributed by atoms with Crippen LogP contribution in [0.25, 0.3) is 0 Å². The fourth-order valence-electron chi connectivity index (χ4n) is 3.45. The number of Topliss-reactive ketones (excluding diaryl/α,β-unsaturated/α-hetero) is 1. The van der Waals surface area contributed by atoms with E-state index in [-0.39, 0.29) is 42.5 Å². The minimum Gasteiger partial charge on any atom is -0.479 e. The quantitative estimate of drug-likeness (QED) is 0.705. The molecule has 2 aliphatic rings. The lowest BCUT2D eigenvalue weighted by atomic mass is 9.88. The maximum absolute atomic E-state index is 12.8. The number of rotatable bonds is 5. The Balaban J connectivity index is 0.00000280. The van der Waals surface area contributed by atoms with Crippen LogP contribution in [0.2, 0.25) is 0 Å². The van der Waals surface area contributed by atoms with Crippen molar-refractivity contribution in [2.24, 2.45) is 11.7 Å². The number of likely N-dealkylation sites (tertiary alicyclic amines) is 1. The third-order valence-corrected chi connectivity index (χ3v) is 5.04. The fraction of sp³-hybridized carbons (Fsp3) is 0.526. The zero-order valence-electron chi connectivity index (χ0n) is 16.0. The highest BCUT2D eigenvalue weighted by molar-refractivity contribution is 6.02. The Bertz CT molecular complexity index is 749. The number of fused-ring (bicyclic) bond motifs is 1. The van der Waals surface area contributed by atoms with E-state index in [1.165, 1.54) is 7.11 Å². The van der Waals surface area contributed by atoms with E-state index in [4.69, 9.17) is 15.2 Å². The summed E-state index contributed by atoms with van der Waals surface area (Å²) in [4.78, 5) is 38.5. The molecule has 0 aliphatic carbocycles.